The number of hydrogen-bond donors (Lipinski definition) is 3. The van der Waals surface area contributed by atoms with Crippen LogP contribution in [0.5, 0.6) is 0 Å². The Hall–Kier alpha value is -1.67. The number of carbonyl (C=O) groups is 3. The van der Waals surface area contributed by atoms with Crippen LogP contribution in [0.4, 0.5) is 0 Å². The molecule has 0 aromatic heterocycles. The zero-order chi connectivity index (χ0) is 14.4. The molecule has 19 heavy (non-hydrogen) atoms. The molecule has 1 aliphatic rings. The molecule has 1 saturated heterocycles. The molecule has 3 atom stereocenters. The molecule has 1 rings (SSSR count). The Morgan fingerprint density at radius 1 is 1.53 bits per heavy atom. The molecule has 8 nitrogen and oxygen atoms in total. The van der Waals surface area contributed by atoms with Gasteiger partial charge in [0.25, 0.3) is 0 Å². The number of aliphatic hydroxyl groups excluding tert-OH is 2. The first-order valence-electron chi connectivity index (χ1n) is 5.89. The van der Waals surface area contributed by atoms with Crippen LogP contribution in [0.15, 0.2) is 0 Å². The van der Waals surface area contributed by atoms with Crippen molar-refractivity contribution in [2.24, 2.45) is 0 Å². The second kappa shape index (κ2) is 7.05. The van der Waals surface area contributed by atoms with Crippen molar-refractivity contribution in [2.45, 2.75) is 38.0 Å². The van der Waals surface area contributed by atoms with Gasteiger partial charge in [0.05, 0.1) is 6.61 Å². The van der Waals surface area contributed by atoms with Crippen LogP contribution in [0.2, 0.25) is 0 Å². The summed E-state index contributed by atoms with van der Waals surface area (Å²) < 4.78 is 9.47. The number of ether oxygens (including phenoxy) is 2. The fourth-order valence-corrected chi connectivity index (χ4v) is 1.44. The summed E-state index contributed by atoms with van der Waals surface area (Å²) in [4.78, 5) is 33.9. The van der Waals surface area contributed by atoms with Crippen molar-refractivity contribution in [1.29, 1.82) is 0 Å². The van der Waals surface area contributed by atoms with Crippen LogP contribution >= 0.6 is 0 Å². The predicted molar refractivity (Wildman–Crippen MR) is 60.8 cm³/mol. The van der Waals surface area contributed by atoms with Crippen LogP contribution in [0, 0.1) is 0 Å². The Bertz CT molecular complexity index is 357. The molecule has 0 bridgehead atoms. The highest BCUT2D eigenvalue weighted by atomic mass is 16.6. The van der Waals surface area contributed by atoms with E-state index in [2.05, 4.69) is 10.1 Å². The van der Waals surface area contributed by atoms with E-state index in [-0.39, 0.29) is 18.9 Å². The summed E-state index contributed by atoms with van der Waals surface area (Å²) in [5.41, 5.74) is 0. The van der Waals surface area contributed by atoms with Gasteiger partial charge in [-0.25, -0.2) is 9.59 Å². The summed E-state index contributed by atoms with van der Waals surface area (Å²) in [6.45, 7) is 0.412. The Morgan fingerprint density at radius 2 is 2.21 bits per heavy atom. The molecular formula is C11H17NO7. The third-order valence-corrected chi connectivity index (χ3v) is 2.53. The molecule has 1 aliphatic heterocycles. The minimum atomic E-state index is -1.17. The van der Waals surface area contributed by atoms with Gasteiger partial charge in [-0.1, -0.05) is 0 Å². The van der Waals surface area contributed by atoms with Crippen molar-refractivity contribution in [3.8, 4) is 0 Å². The van der Waals surface area contributed by atoms with Gasteiger partial charge in [0.2, 0.25) is 5.91 Å². The smallest absolute Gasteiger partial charge is 0.347 e. The molecule has 8 heteroatoms. The Labute approximate surface area is 109 Å². The maximum atomic E-state index is 11.6. The summed E-state index contributed by atoms with van der Waals surface area (Å²) in [7, 11) is 0. The van der Waals surface area contributed by atoms with Gasteiger partial charge in [0.1, 0.15) is 18.8 Å². The summed E-state index contributed by atoms with van der Waals surface area (Å²) in [5.74, 6) is -1.76. The summed E-state index contributed by atoms with van der Waals surface area (Å²) in [5, 5.41) is 19.9. The van der Waals surface area contributed by atoms with Gasteiger partial charge in [-0.3, -0.25) is 4.79 Å². The molecular weight excluding hydrogens is 258 g/mol. The first kappa shape index (κ1) is 15.4. The lowest BCUT2D eigenvalue weighted by atomic mass is 10.2. The van der Waals surface area contributed by atoms with Crippen LogP contribution in [-0.4, -0.2) is 59.5 Å². The average Bonchev–Trinajstić information content (AvgIpc) is 2.82. The molecule has 0 radical (unpaired) electrons. The number of hydrogen-bond acceptors (Lipinski definition) is 7. The Balaban J connectivity index is 2.33. The standard InChI is InChI=1S/C11H17NO7/c1-6(10(16)18-5-7(14)4-13)19-11(17)8-2-3-9(15)12-8/h6-8,13-14H,2-5H2,1H3,(H,12,15)/t6?,7?,8-/m0/s1. The highest BCUT2D eigenvalue weighted by Gasteiger charge is 2.31. The molecule has 0 aromatic rings. The van der Waals surface area contributed by atoms with E-state index in [1.165, 1.54) is 6.92 Å². The van der Waals surface area contributed by atoms with E-state index in [0.717, 1.165) is 0 Å². The van der Waals surface area contributed by atoms with Crippen molar-refractivity contribution in [2.75, 3.05) is 13.2 Å². The normalized spacial score (nSPS) is 21.4. The molecule has 0 spiro atoms. The number of aliphatic hydroxyl groups is 2. The molecule has 0 aromatic carbocycles. The number of carbonyl (C=O) groups excluding carboxylic acids is 3. The molecule has 1 amide bonds. The van der Waals surface area contributed by atoms with E-state index in [9.17, 15) is 14.4 Å². The van der Waals surface area contributed by atoms with Crippen molar-refractivity contribution in [1.82, 2.24) is 5.32 Å². The second-order valence-corrected chi connectivity index (χ2v) is 4.20. The van der Waals surface area contributed by atoms with Gasteiger partial charge in [0, 0.05) is 6.42 Å². The molecule has 1 heterocycles. The third kappa shape index (κ3) is 4.84. The van der Waals surface area contributed by atoms with Gasteiger partial charge in [-0.05, 0) is 13.3 Å². The fourth-order valence-electron chi connectivity index (χ4n) is 1.44. The summed E-state index contributed by atoms with van der Waals surface area (Å²) in [6.07, 6.45) is -1.72. The SMILES string of the molecule is CC(OC(=O)[C@@H]1CCC(=O)N1)C(=O)OCC(O)CO. The predicted octanol–water partition coefficient (Wildman–Crippen LogP) is -1.91. The Morgan fingerprint density at radius 3 is 2.74 bits per heavy atom. The molecule has 0 aliphatic carbocycles. The minimum Gasteiger partial charge on any atom is -0.460 e. The van der Waals surface area contributed by atoms with E-state index in [4.69, 9.17) is 14.9 Å². The zero-order valence-corrected chi connectivity index (χ0v) is 10.5. The average molecular weight is 275 g/mol. The highest BCUT2D eigenvalue weighted by Crippen LogP contribution is 2.09. The molecule has 0 saturated carbocycles. The van der Waals surface area contributed by atoms with Gasteiger partial charge >= 0.3 is 11.9 Å². The van der Waals surface area contributed by atoms with E-state index in [0.29, 0.717) is 6.42 Å². The van der Waals surface area contributed by atoms with Crippen molar-refractivity contribution in [3.05, 3.63) is 0 Å². The van der Waals surface area contributed by atoms with Crippen molar-refractivity contribution < 1.29 is 34.1 Å². The van der Waals surface area contributed by atoms with Crippen LogP contribution < -0.4 is 5.32 Å². The topological polar surface area (TPSA) is 122 Å². The zero-order valence-electron chi connectivity index (χ0n) is 10.5. The summed E-state index contributed by atoms with van der Waals surface area (Å²) in [6, 6.07) is -0.731. The first-order valence-corrected chi connectivity index (χ1v) is 5.89. The maximum Gasteiger partial charge on any atom is 0.347 e. The molecule has 108 valence electrons. The number of amides is 1. The van der Waals surface area contributed by atoms with Crippen LogP contribution in [0.1, 0.15) is 19.8 Å². The minimum absolute atomic E-state index is 0.233. The molecule has 3 N–H and O–H groups in total. The van der Waals surface area contributed by atoms with Crippen LogP contribution in [0.25, 0.3) is 0 Å². The fraction of sp³-hybridized carbons (Fsp3) is 0.727. The van der Waals surface area contributed by atoms with E-state index >= 15 is 0 Å². The van der Waals surface area contributed by atoms with Crippen LogP contribution in [-0.2, 0) is 23.9 Å². The van der Waals surface area contributed by atoms with E-state index < -0.39 is 36.8 Å². The maximum absolute atomic E-state index is 11.6. The Kier molecular flexibility index (Phi) is 5.71. The van der Waals surface area contributed by atoms with E-state index in [1.54, 1.807) is 0 Å². The lowest BCUT2D eigenvalue weighted by molar-refractivity contribution is -0.169. The van der Waals surface area contributed by atoms with E-state index in [1.807, 2.05) is 0 Å². The van der Waals surface area contributed by atoms with Gasteiger partial charge < -0.3 is 25.0 Å². The second-order valence-electron chi connectivity index (χ2n) is 4.20. The monoisotopic (exact) mass is 275 g/mol. The number of nitrogens with one attached hydrogen (secondary N) is 1. The van der Waals surface area contributed by atoms with Gasteiger partial charge in [-0.2, -0.15) is 0 Å². The van der Waals surface area contributed by atoms with Gasteiger partial charge in [-0.15, -0.1) is 0 Å². The number of rotatable bonds is 6. The lowest BCUT2D eigenvalue weighted by Crippen LogP contribution is -2.38. The largest absolute Gasteiger partial charge is 0.460 e. The third-order valence-electron chi connectivity index (χ3n) is 2.53. The first-order chi connectivity index (χ1) is 8.93. The summed E-state index contributed by atoms with van der Waals surface area (Å²) >= 11 is 0. The highest BCUT2D eigenvalue weighted by molar-refractivity contribution is 5.89. The quantitative estimate of drug-likeness (QED) is 0.483. The van der Waals surface area contributed by atoms with Crippen molar-refractivity contribution in [3.63, 3.8) is 0 Å². The lowest BCUT2D eigenvalue weighted by Gasteiger charge is -2.16. The van der Waals surface area contributed by atoms with Crippen LogP contribution in [0.3, 0.4) is 0 Å². The molecule has 2 unspecified atom stereocenters. The number of esters is 2. The van der Waals surface area contributed by atoms with Crippen molar-refractivity contribution >= 4 is 17.8 Å². The van der Waals surface area contributed by atoms with Gasteiger partial charge in [0.15, 0.2) is 6.10 Å². The molecule has 1 fully saturated rings.